The van der Waals surface area contributed by atoms with Crippen molar-refractivity contribution in [1.82, 2.24) is 0 Å². The van der Waals surface area contributed by atoms with Crippen LogP contribution in [0.2, 0.25) is 0 Å². The van der Waals surface area contributed by atoms with Crippen molar-refractivity contribution in [3.63, 3.8) is 0 Å². The van der Waals surface area contributed by atoms with Gasteiger partial charge in [-0.05, 0) is 41.7 Å². The molecule has 144 valence electrons. The van der Waals surface area contributed by atoms with E-state index in [1.807, 2.05) is 48.5 Å². The molecule has 0 spiro atoms. The van der Waals surface area contributed by atoms with E-state index in [1.54, 1.807) is 0 Å². The molecule has 29 heavy (non-hydrogen) atoms. The van der Waals surface area contributed by atoms with Gasteiger partial charge in [-0.1, -0.05) is 76.6 Å². The maximum atomic E-state index is 13.5. The van der Waals surface area contributed by atoms with E-state index in [2.05, 4.69) is 56.9 Å². The molecular weight excluding hydrogens is 424 g/mol. The van der Waals surface area contributed by atoms with Crippen molar-refractivity contribution in [1.29, 1.82) is 0 Å². The van der Waals surface area contributed by atoms with E-state index in [0.29, 0.717) is 6.42 Å². The standard InChI is InChI=1S/C25H21BrN2O/c26-19-11-5-4-10-18(19)25-24-22(27-20-12-6-7-13-21(20)28-25)14-17(15-23(24)29)16-8-2-1-3-9-16/h1-13,17,25,27-28H,14-15H2/t17-,25+/m1/s1. The lowest BCUT2D eigenvalue weighted by Gasteiger charge is -2.30. The molecule has 0 amide bonds. The quantitative estimate of drug-likeness (QED) is 0.478. The van der Waals surface area contributed by atoms with Crippen LogP contribution in [-0.2, 0) is 4.79 Å². The molecule has 0 saturated carbocycles. The number of halogens is 1. The Bertz CT molecular complexity index is 1110. The maximum absolute atomic E-state index is 13.5. The second kappa shape index (κ2) is 7.53. The molecule has 1 aliphatic carbocycles. The van der Waals surface area contributed by atoms with Crippen LogP contribution in [0.1, 0.15) is 35.9 Å². The van der Waals surface area contributed by atoms with Gasteiger partial charge in [0.25, 0.3) is 0 Å². The Morgan fingerprint density at radius 2 is 1.48 bits per heavy atom. The predicted octanol–water partition coefficient (Wildman–Crippen LogP) is 6.43. The highest BCUT2D eigenvalue weighted by Crippen LogP contribution is 2.45. The number of Topliss-reactive ketones (excluding diaryl/α,β-unsaturated/α-hetero) is 1. The molecule has 1 aliphatic heterocycles. The molecule has 1 heterocycles. The number of benzene rings is 3. The Kier molecular flexibility index (Phi) is 4.72. The summed E-state index contributed by atoms with van der Waals surface area (Å²) in [5, 5.41) is 7.22. The number of fused-ring (bicyclic) bond motifs is 1. The summed E-state index contributed by atoms with van der Waals surface area (Å²) in [7, 11) is 0. The molecule has 3 aromatic carbocycles. The zero-order valence-electron chi connectivity index (χ0n) is 15.9. The average Bonchev–Trinajstić information content (AvgIpc) is 2.91. The fraction of sp³-hybridized carbons (Fsp3) is 0.160. The molecule has 3 nitrogen and oxygen atoms in total. The van der Waals surface area contributed by atoms with Crippen LogP contribution in [0, 0.1) is 0 Å². The Balaban J connectivity index is 1.64. The van der Waals surface area contributed by atoms with Crippen molar-refractivity contribution < 1.29 is 4.79 Å². The summed E-state index contributed by atoms with van der Waals surface area (Å²) in [4.78, 5) is 13.5. The number of hydrogen-bond acceptors (Lipinski definition) is 3. The third kappa shape index (κ3) is 3.38. The number of hydrogen-bond donors (Lipinski definition) is 2. The number of nitrogens with one attached hydrogen (secondary N) is 2. The molecule has 2 aliphatic rings. The molecule has 0 bridgehead atoms. The smallest absolute Gasteiger partial charge is 0.163 e. The monoisotopic (exact) mass is 444 g/mol. The van der Waals surface area contributed by atoms with E-state index in [9.17, 15) is 4.79 Å². The minimum Gasteiger partial charge on any atom is -0.372 e. The number of carbonyl (C=O) groups excluding carboxylic acids is 1. The van der Waals surface area contributed by atoms with Gasteiger partial charge in [-0.25, -0.2) is 0 Å². The summed E-state index contributed by atoms with van der Waals surface area (Å²) in [6, 6.07) is 26.5. The first-order valence-corrected chi connectivity index (χ1v) is 10.7. The fourth-order valence-electron chi connectivity index (χ4n) is 4.40. The van der Waals surface area contributed by atoms with Gasteiger partial charge < -0.3 is 10.6 Å². The Labute approximate surface area is 179 Å². The predicted molar refractivity (Wildman–Crippen MR) is 121 cm³/mol. The Hall–Kier alpha value is -2.85. The van der Waals surface area contributed by atoms with Crippen molar-refractivity contribution >= 4 is 33.1 Å². The normalized spacial score (nSPS) is 20.8. The van der Waals surface area contributed by atoms with Gasteiger partial charge in [-0.15, -0.1) is 0 Å². The van der Waals surface area contributed by atoms with Crippen LogP contribution in [0.4, 0.5) is 11.4 Å². The van der Waals surface area contributed by atoms with Crippen molar-refractivity contribution in [3.8, 4) is 0 Å². The lowest BCUT2D eigenvalue weighted by atomic mass is 9.78. The number of para-hydroxylation sites is 2. The number of carbonyl (C=O) groups is 1. The van der Waals surface area contributed by atoms with Gasteiger partial charge in [-0.3, -0.25) is 4.79 Å². The van der Waals surface area contributed by atoms with Gasteiger partial charge in [-0.2, -0.15) is 0 Å². The highest BCUT2D eigenvalue weighted by molar-refractivity contribution is 9.10. The number of allylic oxidation sites excluding steroid dienone is 1. The summed E-state index contributed by atoms with van der Waals surface area (Å²) < 4.78 is 1.00. The van der Waals surface area contributed by atoms with Crippen LogP contribution in [-0.4, -0.2) is 5.78 Å². The van der Waals surface area contributed by atoms with E-state index < -0.39 is 0 Å². The molecule has 0 radical (unpaired) electrons. The van der Waals surface area contributed by atoms with Gasteiger partial charge in [0.2, 0.25) is 0 Å². The molecule has 3 aromatic rings. The second-order valence-electron chi connectivity index (χ2n) is 7.60. The fourth-order valence-corrected chi connectivity index (χ4v) is 4.91. The Morgan fingerprint density at radius 3 is 2.28 bits per heavy atom. The molecule has 5 rings (SSSR count). The summed E-state index contributed by atoms with van der Waals surface area (Å²) >= 11 is 3.69. The van der Waals surface area contributed by atoms with Crippen molar-refractivity contribution in [2.45, 2.75) is 24.8 Å². The molecular formula is C25H21BrN2O. The first-order chi connectivity index (χ1) is 14.2. The summed E-state index contributed by atoms with van der Waals surface area (Å²) in [6.07, 6.45) is 1.35. The van der Waals surface area contributed by atoms with Crippen LogP contribution in [0.5, 0.6) is 0 Å². The lowest BCUT2D eigenvalue weighted by molar-refractivity contribution is -0.116. The summed E-state index contributed by atoms with van der Waals surface area (Å²) in [6.45, 7) is 0. The van der Waals surface area contributed by atoms with Gasteiger partial charge in [0.05, 0.1) is 17.4 Å². The molecule has 2 atom stereocenters. The van der Waals surface area contributed by atoms with Crippen LogP contribution in [0.25, 0.3) is 0 Å². The van der Waals surface area contributed by atoms with Crippen LogP contribution in [0.3, 0.4) is 0 Å². The zero-order chi connectivity index (χ0) is 19.8. The van der Waals surface area contributed by atoms with E-state index in [1.165, 1.54) is 5.56 Å². The van der Waals surface area contributed by atoms with E-state index >= 15 is 0 Å². The van der Waals surface area contributed by atoms with E-state index in [0.717, 1.165) is 39.1 Å². The molecule has 2 N–H and O–H groups in total. The molecule has 0 unspecified atom stereocenters. The van der Waals surface area contributed by atoms with Gasteiger partial charge in [0, 0.05) is 22.2 Å². The topological polar surface area (TPSA) is 41.1 Å². The van der Waals surface area contributed by atoms with Crippen LogP contribution in [0.15, 0.2) is 94.6 Å². The van der Waals surface area contributed by atoms with Crippen LogP contribution >= 0.6 is 15.9 Å². The second-order valence-corrected chi connectivity index (χ2v) is 8.46. The highest BCUT2D eigenvalue weighted by Gasteiger charge is 2.36. The first kappa shape index (κ1) is 18.2. The third-order valence-corrected chi connectivity index (χ3v) is 6.52. The van der Waals surface area contributed by atoms with Gasteiger partial charge in [0.1, 0.15) is 0 Å². The highest BCUT2D eigenvalue weighted by atomic mass is 79.9. The molecule has 0 saturated heterocycles. The summed E-state index contributed by atoms with van der Waals surface area (Å²) in [5.41, 5.74) is 6.18. The minimum atomic E-state index is -0.194. The van der Waals surface area contributed by atoms with E-state index in [-0.39, 0.29) is 17.7 Å². The maximum Gasteiger partial charge on any atom is 0.163 e. The third-order valence-electron chi connectivity index (χ3n) is 5.80. The minimum absolute atomic E-state index is 0.194. The van der Waals surface area contributed by atoms with Gasteiger partial charge in [0.15, 0.2) is 5.78 Å². The van der Waals surface area contributed by atoms with E-state index in [4.69, 9.17) is 0 Å². The lowest BCUT2D eigenvalue weighted by Crippen LogP contribution is -2.27. The molecule has 0 aromatic heterocycles. The SMILES string of the molecule is O=C1C[C@H](c2ccccc2)CC2=C1[C@H](c1ccccc1Br)Nc1ccccc1N2. The van der Waals surface area contributed by atoms with Crippen molar-refractivity contribution in [2.24, 2.45) is 0 Å². The van der Waals surface area contributed by atoms with Crippen molar-refractivity contribution in [3.05, 3.63) is 106 Å². The molecule has 4 heteroatoms. The van der Waals surface area contributed by atoms with Gasteiger partial charge >= 0.3 is 0 Å². The number of ketones is 1. The number of rotatable bonds is 2. The van der Waals surface area contributed by atoms with Crippen LogP contribution < -0.4 is 10.6 Å². The average molecular weight is 445 g/mol. The largest absolute Gasteiger partial charge is 0.372 e. The first-order valence-electron chi connectivity index (χ1n) is 9.89. The number of anilines is 2. The summed E-state index contributed by atoms with van der Waals surface area (Å²) in [5.74, 6) is 0.397. The van der Waals surface area contributed by atoms with Crippen molar-refractivity contribution in [2.75, 3.05) is 10.6 Å². The molecule has 0 fully saturated rings. The zero-order valence-corrected chi connectivity index (χ0v) is 17.4. The Morgan fingerprint density at radius 1 is 0.793 bits per heavy atom.